The summed E-state index contributed by atoms with van der Waals surface area (Å²) >= 11 is 1.74. The van der Waals surface area contributed by atoms with Crippen molar-refractivity contribution in [1.29, 1.82) is 0 Å². The lowest BCUT2D eigenvalue weighted by Crippen LogP contribution is -2.06. The summed E-state index contributed by atoms with van der Waals surface area (Å²) < 4.78 is 33.3. The number of aromatic nitrogens is 3. The lowest BCUT2D eigenvalue weighted by atomic mass is 10.1. The Kier molecular flexibility index (Phi) is 7.14. The van der Waals surface area contributed by atoms with Crippen LogP contribution in [0.3, 0.4) is 0 Å². The van der Waals surface area contributed by atoms with Crippen molar-refractivity contribution in [3.63, 3.8) is 0 Å². The SMILES string of the molecule is CSCc1cccc(Nc2ncnc(-c3ccc(F)cc3OC(C)c3ccc(F)cc3)n2)c1. The summed E-state index contributed by atoms with van der Waals surface area (Å²) in [5.74, 6) is 1.11. The largest absolute Gasteiger partial charge is 0.485 e. The molecule has 8 heteroatoms. The monoisotopic (exact) mass is 464 g/mol. The molecule has 1 aromatic heterocycles. The van der Waals surface area contributed by atoms with Crippen molar-refractivity contribution in [1.82, 2.24) is 15.0 Å². The molecule has 0 saturated carbocycles. The maximum atomic E-state index is 14.0. The van der Waals surface area contributed by atoms with E-state index in [4.69, 9.17) is 4.74 Å². The van der Waals surface area contributed by atoms with E-state index in [-0.39, 0.29) is 11.6 Å². The number of ether oxygens (including phenoxy) is 1. The highest BCUT2D eigenvalue weighted by Crippen LogP contribution is 2.32. The maximum Gasteiger partial charge on any atom is 0.230 e. The van der Waals surface area contributed by atoms with Crippen LogP contribution >= 0.6 is 11.8 Å². The highest BCUT2D eigenvalue weighted by Gasteiger charge is 2.16. The Morgan fingerprint density at radius 1 is 0.970 bits per heavy atom. The molecule has 0 bridgehead atoms. The van der Waals surface area contributed by atoms with E-state index >= 15 is 0 Å². The lowest BCUT2D eigenvalue weighted by molar-refractivity contribution is 0.227. The molecule has 0 fully saturated rings. The van der Waals surface area contributed by atoms with Gasteiger partial charge in [0.25, 0.3) is 0 Å². The van der Waals surface area contributed by atoms with Crippen molar-refractivity contribution in [2.75, 3.05) is 11.6 Å². The predicted octanol–water partition coefficient (Wildman–Crippen LogP) is 6.56. The molecular weight excluding hydrogens is 442 g/mol. The van der Waals surface area contributed by atoms with Crippen molar-refractivity contribution >= 4 is 23.4 Å². The molecule has 0 amide bonds. The normalized spacial score (nSPS) is 11.8. The number of rotatable bonds is 8. The molecule has 4 aromatic rings. The van der Waals surface area contributed by atoms with E-state index in [9.17, 15) is 8.78 Å². The topological polar surface area (TPSA) is 59.9 Å². The summed E-state index contributed by atoms with van der Waals surface area (Å²) in [7, 11) is 0. The van der Waals surface area contributed by atoms with Crippen LogP contribution in [0.2, 0.25) is 0 Å². The van der Waals surface area contributed by atoms with Crippen molar-refractivity contribution in [3.05, 3.63) is 95.8 Å². The zero-order chi connectivity index (χ0) is 23.2. The summed E-state index contributed by atoms with van der Waals surface area (Å²) in [6, 6.07) is 18.2. The van der Waals surface area contributed by atoms with Crippen LogP contribution in [0.25, 0.3) is 11.4 Å². The van der Waals surface area contributed by atoms with E-state index < -0.39 is 11.9 Å². The number of benzene rings is 3. The van der Waals surface area contributed by atoms with Crippen LogP contribution in [0.1, 0.15) is 24.2 Å². The van der Waals surface area contributed by atoms with Crippen molar-refractivity contribution < 1.29 is 13.5 Å². The first-order chi connectivity index (χ1) is 16.0. The van der Waals surface area contributed by atoms with Crippen molar-refractivity contribution in [2.45, 2.75) is 18.8 Å². The standard InChI is InChI=1S/C25H22F2N4OS/c1-16(18-6-8-19(26)9-7-18)32-23-13-20(27)10-11-22(23)24-28-15-29-25(31-24)30-21-5-3-4-17(12-21)14-33-2/h3-13,15-16H,14H2,1-2H3,(H,28,29,30,31). The fourth-order valence-corrected chi connectivity index (χ4v) is 3.80. The third-order valence-electron chi connectivity index (χ3n) is 4.89. The average Bonchev–Trinajstić information content (AvgIpc) is 2.80. The first kappa shape index (κ1) is 22.7. The molecular formula is C25H22F2N4OS. The van der Waals surface area contributed by atoms with Gasteiger partial charge in [-0.15, -0.1) is 0 Å². The van der Waals surface area contributed by atoms with Crippen LogP contribution in [-0.4, -0.2) is 21.2 Å². The van der Waals surface area contributed by atoms with E-state index in [0.717, 1.165) is 17.0 Å². The summed E-state index contributed by atoms with van der Waals surface area (Å²) in [5.41, 5.74) is 3.33. The second kappa shape index (κ2) is 10.4. The van der Waals surface area contributed by atoms with Crippen LogP contribution in [0, 0.1) is 11.6 Å². The van der Waals surface area contributed by atoms with Gasteiger partial charge in [0.2, 0.25) is 5.95 Å². The van der Waals surface area contributed by atoms with Gasteiger partial charge in [-0.05, 0) is 60.7 Å². The fourth-order valence-electron chi connectivity index (χ4n) is 3.29. The van der Waals surface area contributed by atoms with E-state index in [0.29, 0.717) is 17.3 Å². The lowest BCUT2D eigenvalue weighted by Gasteiger charge is -2.18. The van der Waals surface area contributed by atoms with E-state index in [1.165, 1.54) is 36.2 Å². The van der Waals surface area contributed by atoms with E-state index in [1.54, 1.807) is 30.0 Å². The Morgan fingerprint density at radius 3 is 2.55 bits per heavy atom. The molecule has 1 N–H and O–H groups in total. The number of nitrogens with zero attached hydrogens (tertiary/aromatic N) is 3. The van der Waals surface area contributed by atoms with Crippen LogP contribution in [0.15, 0.2) is 73.1 Å². The Bertz CT molecular complexity index is 1240. The number of hydrogen-bond acceptors (Lipinski definition) is 6. The molecule has 3 aromatic carbocycles. The first-order valence-electron chi connectivity index (χ1n) is 10.3. The number of nitrogens with one attached hydrogen (secondary N) is 1. The van der Waals surface area contributed by atoms with E-state index in [2.05, 4.69) is 32.6 Å². The zero-order valence-corrected chi connectivity index (χ0v) is 18.9. The smallest absolute Gasteiger partial charge is 0.230 e. The number of anilines is 2. The van der Waals surface area contributed by atoms with Gasteiger partial charge in [-0.3, -0.25) is 0 Å². The zero-order valence-electron chi connectivity index (χ0n) is 18.1. The molecule has 1 unspecified atom stereocenters. The Hall–Kier alpha value is -3.52. The number of hydrogen-bond donors (Lipinski definition) is 1. The Morgan fingerprint density at radius 2 is 1.76 bits per heavy atom. The average molecular weight is 465 g/mol. The molecule has 0 aliphatic carbocycles. The molecule has 0 spiro atoms. The van der Waals surface area contributed by atoms with Gasteiger partial charge < -0.3 is 10.1 Å². The Labute approximate surface area is 195 Å². The molecule has 4 rings (SSSR count). The summed E-state index contributed by atoms with van der Waals surface area (Å²) in [4.78, 5) is 13.0. The highest BCUT2D eigenvalue weighted by molar-refractivity contribution is 7.97. The molecule has 0 aliphatic rings. The van der Waals surface area contributed by atoms with Gasteiger partial charge in [0.15, 0.2) is 5.82 Å². The molecule has 33 heavy (non-hydrogen) atoms. The summed E-state index contributed by atoms with van der Waals surface area (Å²) in [6.07, 6.45) is 3.01. The van der Waals surface area contributed by atoms with Gasteiger partial charge >= 0.3 is 0 Å². The van der Waals surface area contributed by atoms with Gasteiger partial charge in [0.05, 0.1) is 5.56 Å². The third kappa shape index (κ3) is 5.84. The second-order valence-electron chi connectivity index (χ2n) is 7.34. The molecule has 0 saturated heterocycles. The number of halogens is 2. The number of thioether (sulfide) groups is 1. The van der Waals surface area contributed by atoms with Crippen LogP contribution in [0.4, 0.5) is 20.4 Å². The molecule has 0 aliphatic heterocycles. The van der Waals surface area contributed by atoms with Crippen molar-refractivity contribution in [3.8, 4) is 17.1 Å². The molecule has 1 atom stereocenters. The molecule has 168 valence electrons. The molecule has 1 heterocycles. The van der Waals surface area contributed by atoms with Crippen LogP contribution in [0.5, 0.6) is 5.75 Å². The van der Waals surface area contributed by atoms with Crippen LogP contribution in [-0.2, 0) is 5.75 Å². The minimum Gasteiger partial charge on any atom is -0.485 e. The molecule has 5 nitrogen and oxygen atoms in total. The van der Waals surface area contributed by atoms with Crippen molar-refractivity contribution in [2.24, 2.45) is 0 Å². The van der Waals surface area contributed by atoms with Gasteiger partial charge in [0, 0.05) is 17.5 Å². The van der Waals surface area contributed by atoms with Crippen LogP contribution < -0.4 is 10.1 Å². The third-order valence-corrected chi connectivity index (χ3v) is 5.52. The minimum atomic E-state index is -0.446. The Balaban J connectivity index is 1.60. The van der Waals surface area contributed by atoms with Gasteiger partial charge in [-0.1, -0.05) is 24.3 Å². The predicted molar refractivity (Wildman–Crippen MR) is 128 cm³/mol. The quantitative estimate of drug-likeness (QED) is 0.319. The first-order valence-corrected chi connectivity index (χ1v) is 11.7. The van der Waals surface area contributed by atoms with Gasteiger partial charge in [-0.25, -0.2) is 18.7 Å². The van der Waals surface area contributed by atoms with E-state index in [1.807, 2.05) is 25.1 Å². The van der Waals surface area contributed by atoms with Gasteiger partial charge in [-0.2, -0.15) is 16.7 Å². The summed E-state index contributed by atoms with van der Waals surface area (Å²) in [6.45, 7) is 1.81. The molecule has 0 radical (unpaired) electrons. The fraction of sp³-hybridized carbons (Fsp3) is 0.160. The minimum absolute atomic E-state index is 0.283. The van der Waals surface area contributed by atoms with Gasteiger partial charge in [0.1, 0.15) is 29.8 Å². The maximum absolute atomic E-state index is 14.0. The highest BCUT2D eigenvalue weighted by atomic mass is 32.2. The summed E-state index contributed by atoms with van der Waals surface area (Å²) in [5, 5.41) is 3.19. The second-order valence-corrected chi connectivity index (χ2v) is 8.21.